The number of nitrogens with two attached hydrogens (primary N) is 1. The van der Waals surface area contributed by atoms with E-state index >= 15 is 0 Å². The number of hydrogen-bond donors (Lipinski definition) is 2. The molecule has 8 heteroatoms. The van der Waals surface area contributed by atoms with Gasteiger partial charge in [0.2, 0.25) is 10.0 Å². The molecule has 1 aromatic carbocycles. The number of hydrogen-bond acceptors (Lipinski definition) is 4. The summed E-state index contributed by atoms with van der Waals surface area (Å²) in [7, 11) is -2.30. The molecule has 120 valence electrons. The molecule has 1 atom stereocenters. The molecule has 1 aromatic rings. The minimum absolute atomic E-state index is 0.0617. The zero-order valence-corrected chi connectivity index (χ0v) is 14.5. The van der Waals surface area contributed by atoms with Gasteiger partial charge < -0.3 is 10.5 Å². The third-order valence-electron chi connectivity index (χ3n) is 3.05. The van der Waals surface area contributed by atoms with Crippen molar-refractivity contribution in [3.05, 3.63) is 27.7 Å². The van der Waals surface area contributed by atoms with Gasteiger partial charge in [-0.2, -0.15) is 0 Å². The van der Waals surface area contributed by atoms with Crippen LogP contribution in [0.3, 0.4) is 0 Å². The van der Waals surface area contributed by atoms with Crippen molar-refractivity contribution in [2.75, 3.05) is 13.7 Å². The number of ether oxygens (including phenoxy) is 1. The lowest BCUT2D eigenvalue weighted by Crippen LogP contribution is -2.41. The Hall–Kier alpha value is -0.370. The fraction of sp³-hybridized carbons (Fsp3) is 0.538. The van der Waals surface area contributed by atoms with E-state index < -0.39 is 10.0 Å². The molecule has 0 aromatic heterocycles. The van der Waals surface area contributed by atoms with Gasteiger partial charge in [-0.15, -0.1) is 0 Å². The van der Waals surface area contributed by atoms with Crippen molar-refractivity contribution in [2.24, 2.45) is 11.7 Å². The number of benzene rings is 1. The molecule has 1 unspecified atom stereocenters. The van der Waals surface area contributed by atoms with Crippen LogP contribution < -0.4 is 10.5 Å². The summed E-state index contributed by atoms with van der Waals surface area (Å²) in [5, 5.41) is 0.363. The molecule has 0 aliphatic carbocycles. The summed E-state index contributed by atoms with van der Waals surface area (Å²) in [6.45, 7) is 4.17. The van der Waals surface area contributed by atoms with Crippen molar-refractivity contribution in [1.82, 2.24) is 4.72 Å². The van der Waals surface area contributed by atoms with Gasteiger partial charge in [0, 0.05) is 24.7 Å². The summed E-state index contributed by atoms with van der Waals surface area (Å²) < 4.78 is 32.7. The summed E-state index contributed by atoms with van der Waals surface area (Å²) in [4.78, 5) is -0.0705. The van der Waals surface area contributed by atoms with Crippen molar-refractivity contribution in [2.45, 2.75) is 31.3 Å². The van der Waals surface area contributed by atoms with Gasteiger partial charge in [-0.3, -0.25) is 0 Å². The van der Waals surface area contributed by atoms with E-state index in [-0.39, 0.29) is 40.1 Å². The van der Waals surface area contributed by atoms with Crippen LogP contribution >= 0.6 is 23.2 Å². The lowest BCUT2D eigenvalue weighted by Gasteiger charge is -2.22. The molecular weight excluding hydrogens is 335 g/mol. The third kappa shape index (κ3) is 4.81. The lowest BCUT2D eigenvalue weighted by atomic mass is 10.1. The minimum atomic E-state index is -3.81. The smallest absolute Gasteiger partial charge is 0.242 e. The highest BCUT2D eigenvalue weighted by atomic mass is 35.5. The van der Waals surface area contributed by atoms with Crippen molar-refractivity contribution >= 4 is 33.2 Å². The lowest BCUT2D eigenvalue weighted by molar-refractivity contribution is 0.157. The van der Waals surface area contributed by atoms with Gasteiger partial charge >= 0.3 is 0 Å². The first-order valence-corrected chi connectivity index (χ1v) is 8.66. The van der Waals surface area contributed by atoms with Crippen molar-refractivity contribution in [3.8, 4) is 0 Å². The SMILES string of the molecule is COCC(NS(=O)(=O)c1cc(Cl)cc(CN)c1Cl)C(C)C. The molecule has 0 fully saturated rings. The van der Waals surface area contributed by atoms with E-state index in [2.05, 4.69) is 4.72 Å². The van der Waals surface area contributed by atoms with E-state index in [4.69, 9.17) is 33.7 Å². The van der Waals surface area contributed by atoms with E-state index in [1.54, 1.807) is 6.07 Å². The topological polar surface area (TPSA) is 81.4 Å². The van der Waals surface area contributed by atoms with Crippen LogP contribution in [-0.2, 0) is 21.3 Å². The molecule has 0 aliphatic rings. The van der Waals surface area contributed by atoms with Gasteiger partial charge in [0.1, 0.15) is 4.90 Å². The van der Waals surface area contributed by atoms with Crippen LogP contribution in [0.1, 0.15) is 19.4 Å². The number of sulfonamides is 1. The zero-order chi connectivity index (χ0) is 16.2. The molecule has 0 heterocycles. The van der Waals surface area contributed by atoms with Gasteiger partial charge in [0.15, 0.2) is 0 Å². The molecule has 0 amide bonds. The first-order valence-electron chi connectivity index (χ1n) is 6.42. The fourth-order valence-electron chi connectivity index (χ4n) is 1.77. The monoisotopic (exact) mass is 354 g/mol. The second kappa shape index (κ2) is 7.76. The predicted octanol–water partition coefficient (Wildman–Crippen LogP) is 2.40. The summed E-state index contributed by atoms with van der Waals surface area (Å²) in [5.41, 5.74) is 6.03. The van der Waals surface area contributed by atoms with Crippen molar-refractivity contribution < 1.29 is 13.2 Å². The Bertz CT molecular complexity index is 591. The maximum Gasteiger partial charge on any atom is 0.242 e. The number of nitrogens with one attached hydrogen (secondary N) is 1. The van der Waals surface area contributed by atoms with Crippen LogP contribution in [-0.4, -0.2) is 28.2 Å². The Kier molecular flexibility index (Phi) is 6.90. The molecule has 3 N–H and O–H groups in total. The van der Waals surface area contributed by atoms with Crippen LogP contribution in [0.15, 0.2) is 17.0 Å². The van der Waals surface area contributed by atoms with Gasteiger partial charge in [-0.1, -0.05) is 37.0 Å². The molecular formula is C13H20Cl2N2O3S. The van der Waals surface area contributed by atoms with Crippen LogP contribution in [0.5, 0.6) is 0 Å². The Balaban J connectivity index is 3.21. The summed E-state index contributed by atoms with van der Waals surface area (Å²) >= 11 is 12.1. The molecule has 1 rings (SSSR count). The maximum absolute atomic E-state index is 12.5. The number of methoxy groups -OCH3 is 1. The van der Waals surface area contributed by atoms with E-state index in [1.165, 1.54) is 13.2 Å². The second-order valence-corrected chi connectivity index (χ2v) is 7.51. The van der Waals surface area contributed by atoms with Gasteiger partial charge in [-0.25, -0.2) is 13.1 Å². The first-order chi connectivity index (χ1) is 9.72. The Morgan fingerprint density at radius 2 is 1.95 bits per heavy atom. The van der Waals surface area contributed by atoms with Gasteiger partial charge in [-0.05, 0) is 23.6 Å². The Labute approximate surface area is 135 Å². The van der Waals surface area contributed by atoms with E-state index in [1.807, 2.05) is 13.8 Å². The van der Waals surface area contributed by atoms with Gasteiger partial charge in [0.25, 0.3) is 0 Å². The normalized spacial score (nSPS) is 13.7. The summed E-state index contributed by atoms with van der Waals surface area (Å²) in [5.74, 6) is 0.0617. The molecule has 21 heavy (non-hydrogen) atoms. The predicted molar refractivity (Wildman–Crippen MR) is 85.2 cm³/mol. The Morgan fingerprint density at radius 3 is 2.43 bits per heavy atom. The highest BCUT2D eigenvalue weighted by molar-refractivity contribution is 7.89. The molecule has 0 spiro atoms. The van der Waals surface area contributed by atoms with E-state index in [0.29, 0.717) is 5.56 Å². The Morgan fingerprint density at radius 1 is 1.33 bits per heavy atom. The second-order valence-electron chi connectivity index (χ2n) is 5.01. The number of halogens is 2. The highest BCUT2D eigenvalue weighted by Gasteiger charge is 2.26. The van der Waals surface area contributed by atoms with Crippen LogP contribution in [0.25, 0.3) is 0 Å². The highest BCUT2D eigenvalue weighted by Crippen LogP contribution is 2.29. The first kappa shape index (κ1) is 18.7. The molecule has 0 aliphatic heterocycles. The number of rotatable bonds is 7. The van der Waals surface area contributed by atoms with E-state index in [9.17, 15) is 8.42 Å². The summed E-state index contributed by atoms with van der Waals surface area (Å²) in [6.07, 6.45) is 0. The largest absolute Gasteiger partial charge is 0.383 e. The van der Waals surface area contributed by atoms with Crippen LogP contribution in [0, 0.1) is 5.92 Å². The molecule has 0 radical (unpaired) electrons. The average molecular weight is 355 g/mol. The van der Waals surface area contributed by atoms with Crippen molar-refractivity contribution in [3.63, 3.8) is 0 Å². The quantitative estimate of drug-likeness (QED) is 0.787. The molecule has 5 nitrogen and oxygen atoms in total. The van der Waals surface area contributed by atoms with Crippen LogP contribution in [0.2, 0.25) is 10.0 Å². The van der Waals surface area contributed by atoms with Crippen LogP contribution in [0.4, 0.5) is 0 Å². The fourth-order valence-corrected chi connectivity index (χ4v) is 4.08. The van der Waals surface area contributed by atoms with E-state index in [0.717, 1.165) is 0 Å². The maximum atomic E-state index is 12.5. The molecule has 0 saturated carbocycles. The van der Waals surface area contributed by atoms with Gasteiger partial charge in [0.05, 0.1) is 11.6 Å². The van der Waals surface area contributed by atoms with Crippen molar-refractivity contribution in [1.29, 1.82) is 0 Å². The molecule has 0 saturated heterocycles. The minimum Gasteiger partial charge on any atom is -0.383 e. The third-order valence-corrected chi connectivity index (χ3v) is 5.34. The molecule has 0 bridgehead atoms. The average Bonchev–Trinajstić information content (AvgIpc) is 2.40. The standard InChI is InChI=1S/C13H20Cl2N2O3S/c1-8(2)11(7-20-3)17-21(18,19)12-5-10(14)4-9(6-16)13(12)15/h4-5,8,11,17H,6-7,16H2,1-3H3. The zero-order valence-electron chi connectivity index (χ0n) is 12.2. The summed E-state index contributed by atoms with van der Waals surface area (Å²) in [6, 6.07) is 2.50.